The first kappa shape index (κ1) is 16.2. The minimum absolute atomic E-state index is 0.00873. The van der Waals surface area contributed by atoms with Gasteiger partial charge in [-0.05, 0) is 18.6 Å². The maximum atomic E-state index is 11.2. The van der Waals surface area contributed by atoms with Gasteiger partial charge in [-0.1, -0.05) is 13.0 Å². The summed E-state index contributed by atoms with van der Waals surface area (Å²) in [5.74, 6) is 0. The smallest absolute Gasteiger partial charge is 0.315 e. The summed E-state index contributed by atoms with van der Waals surface area (Å²) in [7, 11) is 1.49. The molecule has 0 radical (unpaired) electrons. The van der Waals surface area contributed by atoms with Crippen molar-refractivity contribution < 1.29 is 14.8 Å². The number of nitro benzene ring substituents is 1. The highest BCUT2D eigenvalue weighted by Gasteiger charge is 2.19. The molecule has 7 nitrogen and oxygen atoms in total. The van der Waals surface area contributed by atoms with Gasteiger partial charge in [-0.3, -0.25) is 10.1 Å². The summed E-state index contributed by atoms with van der Waals surface area (Å²) in [5.41, 5.74) is 0.847. The lowest BCUT2D eigenvalue weighted by molar-refractivity contribution is -0.383. The molecule has 112 valence electrons. The molecule has 0 aliphatic rings. The molecule has 3 N–H and O–H groups in total. The van der Waals surface area contributed by atoms with Crippen molar-refractivity contribution in [2.24, 2.45) is 0 Å². The van der Waals surface area contributed by atoms with Gasteiger partial charge in [-0.2, -0.15) is 0 Å². The fourth-order valence-electron chi connectivity index (χ4n) is 1.76. The molecule has 1 aromatic carbocycles. The van der Waals surface area contributed by atoms with E-state index in [0.29, 0.717) is 17.9 Å². The number of aliphatic hydroxyl groups is 1. The van der Waals surface area contributed by atoms with Crippen LogP contribution in [-0.2, 0) is 4.74 Å². The lowest BCUT2D eigenvalue weighted by Gasteiger charge is -2.14. The number of nitro groups is 1. The van der Waals surface area contributed by atoms with Crippen LogP contribution in [0.15, 0.2) is 18.2 Å². The summed E-state index contributed by atoms with van der Waals surface area (Å²) in [6, 6.07) is 5.02. The van der Waals surface area contributed by atoms with Crippen molar-refractivity contribution in [3.63, 3.8) is 0 Å². The fraction of sp³-hybridized carbons (Fsp3) is 0.538. The molecule has 0 aliphatic heterocycles. The van der Waals surface area contributed by atoms with Crippen molar-refractivity contribution in [3.05, 3.63) is 28.3 Å². The zero-order valence-electron chi connectivity index (χ0n) is 11.8. The minimum atomic E-state index is -0.716. The first-order valence-corrected chi connectivity index (χ1v) is 6.52. The molecular formula is C13H21N3O4. The Bertz CT molecular complexity index is 440. The van der Waals surface area contributed by atoms with Crippen molar-refractivity contribution in [1.29, 1.82) is 0 Å². The lowest BCUT2D eigenvalue weighted by Crippen LogP contribution is -2.24. The van der Waals surface area contributed by atoms with E-state index in [1.807, 2.05) is 6.92 Å². The van der Waals surface area contributed by atoms with Gasteiger partial charge < -0.3 is 20.5 Å². The molecule has 0 spiro atoms. The Morgan fingerprint density at radius 2 is 2.05 bits per heavy atom. The Morgan fingerprint density at radius 3 is 2.60 bits per heavy atom. The van der Waals surface area contributed by atoms with Gasteiger partial charge in [0.05, 0.1) is 17.6 Å². The molecule has 7 heteroatoms. The van der Waals surface area contributed by atoms with Crippen LogP contribution in [0.25, 0.3) is 0 Å². The summed E-state index contributed by atoms with van der Waals surface area (Å²) in [6.07, 6.45) is 0.160. The third kappa shape index (κ3) is 4.67. The zero-order valence-corrected chi connectivity index (χ0v) is 11.8. The van der Waals surface area contributed by atoms with Gasteiger partial charge in [-0.25, -0.2) is 0 Å². The van der Waals surface area contributed by atoms with Crippen molar-refractivity contribution >= 4 is 17.1 Å². The molecular weight excluding hydrogens is 262 g/mol. The van der Waals surface area contributed by atoms with E-state index in [4.69, 9.17) is 4.74 Å². The number of hydrogen-bond acceptors (Lipinski definition) is 6. The summed E-state index contributed by atoms with van der Waals surface area (Å²) in [5, 5.41) is 26.7. The third-order valence-electron chi connectivity index (χ3n) is 2.67. The highest BCUT2D eigenvalue weighted by molar-refractivity contribution is 5.76. The normalized spacial score (nSPS) is 11.9. The third-order valence-corrected chi connectivity index (χ3v) is 2.67. The van der Waals surface area contributed by atoms with Gasteiger partial charge >= 0.3 is 5.69 Å². The largest absolute Gasteiger partial charge is 0.389 e. The summed E-state index contributed by atoms with van der Waals surface area (Å²) in [6.45, 7) is 3.01. The van der Waals surface area contributed by atoms with Gasteiger partial charge in [0.1, 0.15) is 11.4 Å². The van der Waals surface area contributed by atoms with E-state index in [-0.39, 0.29) is 18.8 Å². The van der Waals surface area contributed by atoms with Crippen molar-refractivity contribution in [2.45, 2.75) is 19.4 Å². The monoisotopic (exact) mass is 283 g/mol. The van der Waals surface area contributed by atoms with Crippen LogP contribution >= 0.6 is 0 Å². The number of hydrogen-bond donors (Lipinski definition) is 3. The molecule has 0 aliphatic carbocycles. The van der Waals surface area contributed by atoms with Crippen LogP contribution in [0.1, 0.15) is 13.3 Å². The van der Waals surface area contributed by atoms with Crippen molar-refractivity contribution in [3.8, 4) is 0 Å². The molecule has 1 unspecified atom stereocenters. The Hall–Kier alpha value is -1.86. The van der Waals surface area contributed by atoms with Crippen molar-refractivity contribution in [2.75, 3.05) is 37.4 Å². The molecule has 0 aromatic heterocycles. The first-order chi connectivity index (χ1) is 9.60. The highest BCUT2D eigenvalue weighted by Crippen LogP contribution is 2.32. The number of nitrogens with one attached hydrogen (secondary N) is 2. The molecule has 1 aromatic rings. The van der Waals surface area contributed by atoms with Crippen molar-refractivity contribution in [1.82, 2.24) is 0 Å². The molecule has 1 rings (SSSR count). The van der Waals surface area contributed by atoms with E-state index in [1.54, 1.807) is 18.2 Å². The molecule has 1 atom stereocenters. The van der Waals surface area contributed by atoms with Crippen LogP contribution in [0, 0.1) is 10.1 Å². The van der Waals surface area contributed by atoms with Gasteiger partial charge in [0, 0.05) is 20.2 Å². The number of benzene rings is 1. The number of nitrogens with zero attached hydrogens (tertiary/aromatic N) is 1. The van der Waals surface area contributed by atoms with Crippen LogP contribution in [0.2, 0.25) is 0 Å². The number of anilines is 2. The van der Waals surface area contributed by atoms with Crippen LogP contribution in [0.3, 0.4) is 0 Å². The number of ether oxygens (including phenoxy) is 1. The van der Waals surface area contributed by atoms with Crippen LogP contribution < -0.4 is 10.6 Å². The molecule has 0 amide bonds. The number of para-hydroxylation sites is 1. The van der Waals surface area contributed by atoms with Gasteiger partial charge in [0.2, 0.25) is 0 Å². The average molecular weight is 283 g/mol. The number of rotatable bonds is 9. The Labute approximate surface area is 118 Å². The quantitative estimate of drug-likeness (QED) is 0.472. The average Bonchev–Trinajstić information content (AvgIpc) is 2.42. The molecule has 20 heavy (non-hydrogen) atoms. The number of aliphatic hydroxyl groups excluding tert-OH is 1. The summed E-state index contributed by atoms with van der Waals surface area (Å²) >= 11 is 0. The van der Waals surface area contributed by atoms with Crippen LogP contribution in [0.5, 0.6) is 0 Å². The molecule has 0 fully saturated rings. The maximum Gasteiger partial charge on any atom is 0.315 e. The summed E-state index contributed by atoms with van der Waals surface area (Å²) < 4.78 is 4.81. The summed E-state index contributed by atoms with van der Waals surface area (Å²) in [4.78, 5) is 10.8. The molecule has 0 saturated carbocycles. The van der Waals surface area contributed by atoms with Gasteiger partial charge in [-0.15, -0.1) is 0 Å². The first-order valence-electron chi connectivity index (χ1n) is 6.52. The van der Waals surface area contributed by atoms with E-state index < -0.39 is 11.0 Å². The van der Waals surface area contributed by atoms with E-state index >= 15 is 0 Å². The minimum Gasteiger partial charge on any atom is -0.389 e. The molecule has 0 saturated heterocycles. The van der Waals surface area contributed by atoms with E-state index in [9.17, 15) is 15.2 Å². The Kier molecular flexibility index (Phi) is 6.75. The zero-order chi connectivity index (χ0) is 15.0. The standard InChI is InChI=1S/C13H21N3O4/c1-3-7-14-11-5-4-6-12(13(11)16(18)19)15-8-10(17)9-20-2/h4-6,10,14-15,17H,3,7-9H2,1-2H3. The second-order valence-corrected chi connectivity index (χ2v) is 4.38. The van der Waals surface area contributed by atoms with Gasteiger partial charge in [0.15, 0.2) is 0 Å². The topological polar surface area (TPSA) is 96.7 Å². The number of methoxy groups -OCH3 is 1. The van der Waals surface area contributed by atoms with E-state index in [1.165, 1.54) is 7.11 Å². The lowest BCUT2D eigenvalue weighted by atomic mass is 10.2. The van der Waals surface area contributed by atoms with Gasteiger partial charge in [0.25, 0.3) is 0 Å². The Morgan fingerprint density at radius 1 is 1.40 bits per heavy atom. The fourth-order valence-corrected chi connectivity index (χ4v) is 1.76. The predicted octanol–water partition coefficient (Wildman–Crippen LogP) is 1.84. The highest BCUT2D eigenvalue weighted by atomic mass is 16.6. The van der Waals surface area contributed by atoms with E-state index in [2.05, 4.69) is 10.6 Å². The second-order valence-electron chi connectivity index (χ2n) is 4.38. The maximum absolute atomic E-state index is 11.2. The SMILES string of the molecule is CCCNc1cccc(NCC(O)COC)c1[N+](=O)[O-]. The Balaban J connectivity index is 2.86. The predicted molar refractivity (Wildman–Crippen MR) is 78.2 cm³/mol. The van der Waals surface area contributed by atoms with E-state index in [0.717, 1.165) is 6.42 Å². The molecule has 0 heterocycles. The van der Waals surface area contributed by atoms with Crippen LogP contribution in [-0.4, -0.2) is 42.9 Å². The second kappa shape index (κ2) is 8.34. The van der Waals surface area contributed by atoms with Crippen LogP contribution in [0.4, 0.5) is 17.1 Å². The molecule has 0 bridgehead atoms.